The molecule has 0 spiro atoms. The van der Waals surface area contributed by atoms with Gasteiger partial charge in [0.2, 0.25) is 0 Å². The minimum atomic E-state index is -0.183. The Labute approximate surface area is 79.6 Å². The van der Waals surface area contributed by atoms with Gasteiger partial charge in [-0.15, -0.1) is 0 Å². The van der Waals surface area contributed by atoms with Gasteiger partial charge in [0.05, 0.1) is 19.6 Å². The normalized spacial score (nSPS) is 15.1. The van der Waals surface area contributed by atoms with E-state index in [1.807, 2.05) is 13.8 Å². The summed E-state index contributed by atoms with van der Waals surface area (Å²) in [7, 11) is 3.05. The van der Waals surface area contributed by atoms with Crippen molar-refractivity contribution in [2.45, 2.75) is 19.9 Å². The molecule has 2 unspecified atom stereocenters. The van der Waals surface area contributed by atoms with E-state index in [2.05, 4.69) is 10.1 Å². The van der Waals surface area contributed by atoms with Crippen molar-refractivity contribution in [3.63, 3.8) is 0 Å². The summed E-state index contributed by atoms with van der Waals surface area (Å²) in [5.74, 6) is -0.306. The zero-order chi connectivity index (χ0) is 10.3. The molecule has 0 bridgehead atoms. The quantitative estimate of drug-likeness (QED) is 0.486. The fourth-order valence-electron chi connectivity index (χ4n) is 0.955. The van der Waals surface area contributed by atoms with Crippen LogP contribution in [0.25, 0.3) is 0 Å². The lowest BCUT2D eigenvalue weighted by Gasteiger charge is -2.18. The molecule has 0 aliphatic rings. The second-order valence-electron chi connectivity index (χ2n) is 3.05. The molecule has 0 aromatic rings. The maximum absolute atomic E-state index is 11.1. The highest BCUT2D eigenvalue weighted by Crippen LogP contribution is 2.03. The second-order valence-corrected chi connectivity index (χ2v) is 3.05. The summed E-state index contributed by atoms with van der Waals surface area (Å²) in [5.41, 5.74) is 0. The largest absolute Gasteiger partial charge is 0.469 e. The average Bonchev–Trinajstić information content (AvgIpc) is 2.15. The maximum atomic E-state index is 11.1. The van der Waals surface area contributed by atoms with E-state index in [1.165, 1.54) is 7.11 Å². The number of methoxy groups -OCH3 is 2. The highest BCUT2D eigenvalue weighted by Gasteiger charge is 2.19. The molecule has 0 fully saturated rings. The van der Waals surface area contributed by atoms with Crippen molar-refractivity contribution >= 4 is 5.97 Å². The van der Waals surface area contributed by atoms with Gasteiger partial charge in [-0.1, -0.05) is 6.92 Å². The predicted molar refractivity (Wildman–Crippen MR) is 50.5 cm³/mol. The van der Waals surface area contributed by atoms with E-state index in [0.717, 1.165) is 6.54 Å². The first-order chi connectivity index (χ1) is 6.13. The molecule has 78 valence electrons. The fourth-order valence-corrected chi connectivity index (χ4v) is 0.955. The molecule has 2 atom stereocenters. The Kier molecular flexibility index (Phi) is 6.54. The highest BCUT2D eigenvalue weighted by atomic mass is 16.5. The number of carbonyl (C=O) groups is 1. The number of esters is 1. The lowest BCUT2D eigenvalue weighted by atomic mass is 10.0. The van der Waals surface area contributed by atoms with Crippen LogP contribution in [0.15, 0.2) is 0 Å². The van der Waals surface area contributed by atoms with Gasteiger partial charge < -0.3 is 14.8 Å². The molecule has 0 saturated carbocycles. The molecular formula is C9H19NO3. The zero-order valence-corrected chi connectivity index (χ0v) is 8.79. The first-order valence-corrected chi connectivity index (χ1v) is 4.43. The number of ether oxygens (including phenoxy) is 2. The summed E-state index contributed by atoms with van der Waals surface area (Å²) in [6.45, 7) is 5.20. The first-order valence-electron chi connectivity index (χ1n) is 4.43. The molecule has 0 heterocycles. The predicted octanol–water partition coefficient (Wildman–Crippen LogP) is 0.420. The van der Waals surface area contributed by atoms with E-state index in [-0.39, 0.29) is 17.9 Å². The second kappa shape index (κ2) is 6.86. The highest BCUT2D eigenvalue weighted by molar-refractivity contribution is 5.72. The van der Waals surface area contributed by atoms with Crippen LogP contribution in [0.2, 0.25) is 0 Å². The molecule has 4 heteroatoms. The summed E-state index contributed by atoms with van der Waals surface area (Å²) in [4.78, 5) is 11.1. The maximum Gasteiger partial charge on any atom is 0.309 e. The van der Waals surface area contributed by atoms with Gasteiger partial charge >= 0.3 is 5.97 Å². The van der Waals surface area contributed by atoms with Crippen LogP contribution in [-0.4, -0.2) is 39.4 Å². The van der Waals surface area contributed by atoms with Gasteiger partial charge in [-0.05, 0) is 6.92 Å². The van der Waals surface area contributed by atoms with Gasteiger partial charge in [-0.3, -0.25) is 4.79 Å². The molecular weight excluding hydrogens is 170 g/mol. The smallest absolute Gasteiger partial charge is 0.309 e. The average molecular weight is 189 g/mol. The van der Waals surface area contributed by atoms with E-state index in [4.69, 9.17) is 4.74 Å². The SMILES string of the molecule is COCCNC(C)C(C)C(=O)OC. The molecule has 4 nitrogen and oxygen atoms in total. The van der Waals surface area contributed by atoms with Crippen LogP contribution in [0.1, 0.15) is 13.8 Å². The molecule has 0 amide bonds. The van der Waals surface area contributed by atoms with Gasteiger partial charge in [0.1, 0.15) is 0 Å². The molecule has 13 heavy (non-hydrogen) atoms. The summed E-state index contributed by atoms with van der Waals surface area (Å²) < 4.78 is 9.51. The third-order valence-corrected chi connectivity index (χ3v) is 2.10. The Morgan fingerprint density at radius 1 is 1.38 bits per heavy atom. The molecule has 0 aliphatic carbocycles. The fraction of sp³-hybridized carbons (Fsp3) is 0.889. The molecule has 0 radical (unpaired) electrons. The topological polar surface area (TPSA) is 47.6 Å². The van der Waals surface area contributed by atoms with E-state index in [1.54, 1.807) is 7.11 Å². The summed E-state index contributed by atoms with van der Waals surface area (Å²) in [5, 5.41) is 3.17. The summed E-state index contributed by atoms with van der Waals surface area (Å²) in [6, 6.07) is 0.114. The molecule has 0 saturated heterocycles. The molecule has 0 aliphatic heterocycles. The van der Waals surface area contributed by atoms with Gasteiger partial charge in [0, 0.05) is 19.7 Å². The number of rotatable bonds is 6. The summed E-state index contributed by atoms with van der Waals surface area (Å²) in [6.07, 6.45) is 0. The van der Waals surface area contributed by atoms with Crippen molar-refractivity contribution in [1.82, 2.24) is 5.32 Å². The van der Waals surface area contributed by atoms with E-state index >= 15 is 0 Å². The van der Waals surface area contributed by atoms with E-state index < -0.39 is 0 Å². The monoisotopic (exact) mass is 189 g/mol. The molecule has 1 N–H and O–H groups in total. The Balaban J connectivity index is 3.68. The number of hydrogen-bond donors (Lipinski definition) is 1. The van der Waals surface area contributed by atoms with Gasteiger partial charge in [0.15, 0.2) is 0 Å². The van der Waals surface area contributed by atoms with Crippen molar-refractivity contribution in [2.24, 2.45) is 5.92 Å². The van der Waals surface area contributed by atoms with E-state index in [0.29, 0.717) is 6.61 Å². The third-order valence-electron chi connectivity index (χ3n) is 2.10. The lowest BCUT2D eigenvalue weighted by molar-refractivity contribution is -0.145. The Morgan fingerprint density at radius 2 is 2.00 bits per heavy atom. The summed E-state index contributed by atoms with van der Waals surface area (Å²) >= 11 is 0. The van der Waals surface area contributed by atoms with Gasteiger partial charge in [-0.2, -0.15) is 0 Å². The Morgan fingerprint density at radius 3 is 2.46 bits per heavy atom. The first kappa shape index (κ1) is 12.4. The Hall–Kier alpha value is -0.610. The van der Waals surface area contributed by atoms with Crippen molar-refractivity contribution in [3.8, 4) is 0 Å². The van der Waals surface area contributed by atoms with Crippen molar-refractivity contribution in [1.29, 1.82) is 0 Å². The van der Waals surface area contributed by atoms with Crippen molar-refractivity contribution < 1.29 is 14.3 Å². The zero-order valence-electron chi connectivity index (χ0n) is 8.79. The van der Waals surface area contributed by atoms with Crippen LogP contribution < -0.4 is 5.32 Å². The van der Waals surface area contributed by atoms with Crippen LogP contribution in [0, 0.1) is 5.92 Å². The molecule has 0 aromatic carbocycles. The van der Waals surface area contributed by atoms with Crippen molar-refractivity contribution in [3.05, 3.63) is 0 Å². The molecule has 0 rings (SSSR count). The number of hydrogen-bond acceptors (Lipinski definition) is 4. The Bertz CT molecular complexity index is 150. The van der Waals surface area contributed by atoms with Crippen LogP contribution in [-0.2, 0) is 14.3 Å². The third kappa shape index (κ3) is 4.85. The lowest BCUT2D eigenvalue weighted by Crippen LogP contribution is -2.38. The minimum Gasteiger partial charge on any atom is -0.469 e. The number of nitrogens with one attached hydrogen (secondary N) is 1. The van der Waals surface area contributed by atoms with Crippen LogP contribution >= 0.6 is 0 Å². The molecule has 0 aromatic heterocycles. The van der Waals surface area contributed by atoms with E-state index in [9.17, 15) is 4.79 Å². The van der Waals surface area contributed by atoms with Gasteiger partial charge in [-0.25, -0.2) is 0 Å². The van der Waals surface area contributed by atoms with Crippen LogP contribution in [0.3, 0.4) is 0 Å². The van der Waals surface area contributed by atoms with Crippen molar-refractivity contribution in [2.75, 3.05) is 27.4 Å². The number of carbonyl (C=O) groups excluding carboxylic acids is 1. The van der Waals surface area contributed by atoms with Crippen LogP contribution in [0.5, 0.6) is 0 Å². The van der Waals surface area contributed by atoms with Gasteiger partial charge in [0.25, 0.3) is 0 Å². The minimum absolute atomic E-state index is 0.114. The van der Waals surface area contributed by atoms with Crippen LogP contribution in [0.4, 0.5) is 0 Å². The standard InChI is InChI=1S/C9H19NO3/c1-7(9(11)13-4)8(2)10-5-6-12-3/h7-8,10H,5-6H2,1-4H3.